The van der Waals surface area contributed by atoms with Crippen LogP contribution in [0, 0.1) is 18.3 Å². The van der Waals surface area contributed by atoms with Gasteiger partial charge in [0.25, 0.3) is 5.91 Å². The number of carbonyl (C=O) groups excluding carboxylic acids is 3. The van der Waals surface area contributed by atoms with Gasteiger partial charge in [-0.1, -0.05) is 37.1 Å². The molecule has 3 aromatic rings. The molecular formula is C35H39N3O6. The molecule has 0 saturated heterocycles. The zero-order valence-electron chi connectivity index (χ0n) is 25.7. The molecule has 230 valence electrons. The number of benzene rings is 3. The molecule has 9 nitrogen and oxygen atoms in total. The molecule has 3 amide bonds. The van der Waals surface area contributed by atoms with Gasteiger partial charge in [-0.3, -0.25) is 9.59 Å². The van der Waals surface area contributed by atoms with Gasteiger partial charge in [0.05, 0.1) is 7.11 Å². The number of anilines is 1. The van der Waals surface area contributed by atoms with Crippen LogP contribution in [0.4, 0.5) is 10.5 Å². The number of rotatable bonds is 10. The van der Waals surface area contributed by atoms with Crippen molar-refractivity contribution in [1.82, 2.24) is 10.2 Å². The molecule has 0 aromatic heterocycles. The van der Waals surface area contributed by atoms with E-state index in [-0.39, 0.29) is 24.1 Å². The largest absolute Gasteiger partial charge is 0.508 e. The maximum atomic E-state index is 14.6. The molecule has 1 aliphatic carbocycles. The maximum Gasteiger partial charge on any atom is 0.408 e. The van der Waals surface area contributed by atoms with Crippen molar-refractivity contribution in [2.24, 2.45) is 5.92 Å². The van der Waals surface area contributed by atoms with Gasteiger partial charge in [0.15, 0.2) is 0 Å². The summed E-state index contributed by atoms with van der Waals surface area (Å²) in [6.07, 6.45) is 5.64. The van der Waals surface area contributed by atoms with E-state index in [1.165, 1.54) is 12.1 Å². The average Bonchev–Trinajstić information content (AvgIpc) is 3.71. The summed E-state index contributed by atoms with van der Waals surface area (Å²) in [6.45, 7) is 7.23. The molecule has 0 radical (unpaired) electrons. The fourth-order valence-electron chi connectivity index (χ4n) is 4.95. The third-order valence-electron chi connectivity index (χ3n) is 7.32. The van der Waals surface area contributed by atoms with E-state index in [0.29, 0.717) is 34.5 Å². The Morgan fingerprint density at radius 1 is 1.02 bits per heavy atom. The van der Waals surface area contributed by atoms with Crippen molar-refractivity contribution in [1.29, 1.82) is 0 Å². The van der Waals surface area contributed by atoms with Gasteiger partial charge < -0.3 is 30.1 Å². The van der Waals surface area contributed by atoms with Crippen molar-refractivity contribution in [3.05, 3.63) is 89.5 Å². The van der Waals surface area contributed by atoms with Crippen LogP contribution in [0.3, 0.4) is 0 Å². The van der Waals surface area contributed by atoms with Crippen LogP contribution in [0.5, 0.6) is 11.5 Å². The molecule has 4 rings (SSSR count). The van der Waals surface area contributed by atoms with Crippen LogP contribution in [-0.4, -0.2) is 52.7 Å². The molecule has 4 unspecified atom stereocenters. The molecular weight excluding hydrogens is 558 g/mol. The van der Waals surface area contributed by atoms with E-state index in [0.717, 1.165) is 0 Å². The number of nitrogens with one attached hydrogen (secondary N) is 2. The van der Waals surface area contributed by atoms with E-state index in [9.17, 15) is 19.5 Å². The fourth-order valence-corrected chi connectivity index (χ4v) is 4.95. The monoisotopic (exact) mass is 597 g/mol. The Labute approximate surface area is 258 Å². The standard InChI is InChI=1S/C35H39N3O6/c1-7-23-8-12-25(13-9-23)31(32(40)36-26-14-18-28(43-6)19-15-26)38(30-20-22(30)2)33(41)29(37-34(42)44-35(3,4)5)21-24-10-16-27(39)17-11-24/h1,8-19,22,29-31,39H,20-21H2,2-6H3,(H,36,40)(H,37,42). The minimum Gasteiger partial charge on any atom is -0.508 e. The summed E-state index contributed by atoms with van der Waals surface area (Å²) in [5.74, 6) is 2.58. The Morgan fingerprint density at radius 2 is 1.64 bits per heavy atom. The second kappa shape index (κ2) is 13.6. The lowest BCUT2D eigenvalue weighted by molar-refractivity contribution is -0.141. The number of ether oxygens (including phenoxy) is 2. The third-order valence-corrected chi connectivity index (χ3v) is 7.32. The van der Waals surface area contributed by atoms with Gasteiger partial charge in [0, 0.05) is 23.7 Å². The molecule has 1 aliphatic rings. The van der Waals surface area contributed by atoms with Crippen LogP contribution < -0.4 is 15.4 Å². The van der Waals surface area contributed by atoms with Gasteiger partial charge in [0.1, 0.15) is 29.2 Å². The quantitative estimate of drug-likeness (QED) is 0.268. The molecule has 3 N–H and O–H groups in total. The van der Waals surface area contributed by atoms with Gasteiger partial charge in [-0.2, -0.15) is 0 Å². The summed E-state index contributed by atoms with van der Waals surface area (Å²) >= 11 is 0. The van der Waals surface area contributed by atoms with Crippen LogP contribution in [0.15, 0.2) is 72.8 Å². The molecule has 1 saturated carbocycles. The molecule has 44 heavy (non-hydrogen) atoms. The second-order valence-corrected chi connectivity index (χ2v) is 12.0. The second-order valence-electron chi connectivity index (χ2n) is 12.0. The minimum absolute atomic E-state index is 0.0795. The first-order valence-corrected chi connectivity index (χ1v) is 14.5. The molecule has 3 aromatic carbocycles. The number of hydrogen-bond donors (Lipinski definition) is 3. The van der Waals surface area contributed by atoms with Crippen LogP contribution >= 0.6 is 0 Å². The lowest BCUT2D eigenvalue weighted by atomic mass is 9.99. The number of phenolic OH excluding ortho intramolecular Hbond substituents is 1. The first-order chi connectivity index (χ1) is 20.9. The number of amides is 3. The number of hydrogen-bond acceptors (Lipinski definition) is 6. The first kappa shape index (κ1) is 32.0. The van der Waals surface area contributed by atoms with E-state index >= 15 is 0 Å². The molecule has 0 bridgehead atoms. The maximum absolute atomic E-state index is 14.6. The minimum atomic E-state index is -1.07. The summed E-state index contributed by atoms with van der Waals surface area (Å²) in [7, 11) is 1.56. The van der Waals surface area contributed by atoms with Crippen molar-refractivity contribution in [2.45, 2.75) is 64.3 Å². The predicted octanol–water partition coefficient (Wildman–Crippen LogP) is 5.43. The highest BCUT2D eigenvalue weighted by Crippen LogP contribution is 2.41. The smallest absolute Gasteiger partial charge is 0.408 e. The van der Waals surface area contributed by atoms with E-state index in [1.807, 2.05) is 6.92 Å². The normalized spacial score (nSPS) is 16.9. The summed E-state index contributed by atoms with van der Waals surface area (Å²) in [5, 5.41) is 15.5. The van der Waals surface area contributed by atoms with E-state index in [4.69, 9.17) is 15.9 Å². The summed E-state index contributed by atoms with van der Waals surface area (Å²) < 4.78 is 10.7. The highest BCUT2D eigenvalue weighted by atomic mass is 16.6. The van der Waals surface area contributed by atoms with Crippen molar-refractivity contribution < 1.29 is 29.0 Å². The molecule has 0 aliphatic heterocycles. The predicted molar refractivity (Wildman–Crippen MR) is 168 cm³/mol. The Morgan fingerprint density at radius 3 is 2.16 bits per heavy atom. The van der Waals surface area contributed by atoms with Gasteiger partial charge in [0.2, 0.25) is 5.91 Å². The Balaban J connectivity index is 1.74. The van der Waals surface area contributed by atoms with Crippen molar-refractivity contribution in [2.75, 3.05) is 12.4 Å². The number of alkyl carbamates (subject to hydrolysis) is 1. The highest BCUT2D eigenvalue weighted by Gasteiger charge is 2.48. The SMILES string of the molecule is C#Cc1ccc(C(C(=O)Nc2ccc(OC)cc2)N(C(=O)C(Cc2ccc(O)cc2)NC(=O)OC(C)(C)C)C2CC2C)cc1. The zero-order valence-corrected chi connectivity index (χ0v) is 25.7. The number of methoxy groups -OCH3 is 1. The van der Waals surface area contributed by atoms with Gasteiger partial charge in [-0.15, -0.1) is 6.42 Å². The number of phenols is 1. The highest BCUT2D eigenvalue weighted by molar-refractivity contribution is 5.99. The summed E-state index contributed by atoms with van der Waals surface area (Å²) in [5.41, 5.74) is 1.66. The van der Waals surface area contributed by atoms with Crippen molar-refractivity contribution in [3.8, 4) is 23.8 Å². The number of aromatic hydroxyl groups is 1. The van der Waals surface area contributed by atoms with Gasteiger partial charge >= 0.3 is 6.09 Å². The third kappa shape index (κ3) is 8.32. The van der Waals surface area contributed by atoms with Crippen molar-refractivity contribution >= 4 is 23.6 Å². The first-order valence-electron chi connectivity index (χ1n) is 14.5. The Bertz CT molecular complexity index is 1500. The van der Waals surface area contributed by atoms with E-state index in [1.54, 1.807) is 93.4 Å². The van der Waals surface area contributed by atoms with Gasteiger partial charge in [-0.25, -0.2) is 4.79 Å². The van der Waals surface area contributed by atoms with Crippen LogP contribution in [-0.2, 0) is 20.7 Å². The number of nitrogens with zero attached hydrogens (tertiary/aromatic N) is 1. The summed E-state index contributed by atoms with van der Waals surface area (Å²) in [6, 6.07) is 17.9. The molecule has 0 spiro atoms. The zero-order chi connectivity index (χ0) is 32.0. The number of terminal acetylenes is 1. The molecule has 9 heteroatoms. The van der Waals surface area contributed by atoms with Crippen LogP contribution in [0.2, 0.25) is 0 Å². The fraction of sp³-hybridized carbons (Fsp3) is 0.343. The van der Waals surface area contributed by atoms with Crippen LogP contribution in [0.1, 0.15) is 56.8 Å². The van der Waals surface area contributed by atoms with Crippen molar-refractivity contribution in [3.63, 3.8) is 0 Å². The lowest BCUT2D eigenvalue weighted by Gasteiger charge is -2.35. The number of carbonyl (C=O) groups is 3. The molecule has 4 atom stereocenters. The molecule has 1 fully saturated rings. The van der Waals surface area contributed by atoms with Crippen LogP contribution in [0.25, 0.3) is 0 Å². The van der Waals surface area contributed by atoms with E-state index in [2.05, 4.69) is 16.6 Å². The average molecular weight is 598 g/mol. The lowest BCUT2D eigenvalue weighted by Crippen LogP contribution is -2.54. The topological polar surface area (TPSA) is 117 Å². The Hall–Kier alpha value is -4.97. The summed E-state index contributed by atoms with van der Waals surface area (Å²) in [4.78, 5) is 43.3. The van der Waals surface area contributed by atoms with E-state index < -0.39 is 35.6 Å². The molecule has 0 heterocycles. The Kier molecular flexibility index (Phi) is 9.84. The van der Waals surface area contributed by atoms with Gasteiger partial charge in [-0.05, 0) is 92.8 Å².